The summed E-state index contributed by atoms with van der Waals surface area (Å²) >= 11 is 0. The maximum Gasteiger partial charge on any atom is 0.161 e. The van der Waals surface area contributed by atoms with Crippen molar-refractivity contribution in [3.63, 3.8) is 0 Å². The number of aliphatic hydroxyl groups is 2. The van der Waals surface area contributed by atoms with E-state index in [4.69, 9.17) is 18.9 Å². The third-order valence-corrected chi connectivity index (χ3v) is 13.2. The van der Waals surface area contributed by atoms with E-state index in [1.165, 1.54) is 5.56 Å². The number of phenolic OH excluding ortho intramolecular Hbond substituents is 2. The van der Waals surface area contributed by atoms with Crippen molar-refractivity contribution in [2.45, 2.75) is 80.8 Å². The molecule has 61 heavy (non-hydrogen) atoms. The van der Waals surface area contributed by atoms with Gasteiger partial charge in [-0.2, -0.15) is 0 Å². The van der Waals surface area contributed by atoms with Crippen molar-refractivity contribution >= 4 is 12.2 Å². The molecule has 6 aliphatic rings. The first-order valence-corrected chi connectivity index (χ1v) is 21.5. The second kappa shape index (κ2) is 16.1. The van der Waals surface area contributed by atoms with Gasteiger partial charge in [-0.3, -0.25) is 15.6 Å². The number of ether oxygens (including phenoxy) is 4. The Bertz CT molecular complexity index is 2620. The summed E-state index contributed by atoms with van der Waals surface area (Å²) < 4.78 is 27.5. The van der Waals surface area contributed by atoms with Crippen LogP contribution < -0.4 is 40.7 Å². The smallest absolute Gasteiger partial charge is 0.161 e. The first-order valence-electron chi connectivity index (χ1n) is 21.5. The summed E-state index contributed by atoms with van der Waals surface area (Å²) in [4.78, 5) is 4.65. The zero-order chi connectivity index (χ0) is 41.8. The van der Waals surface area contributed by atoms with Crippen molar-refractivity contribution in [2.75, 3.05) is 46.8 Å². The molecule has 0 aromatic heterocycles. The summed E-state index contributed by atoms with van der Waals surface area (Å²) in [5.41, 5.74) is 7.68. The van der Waals surface area contributed by atoms with Crippen LogP contribution in [0.1, 0.15) is 76.6 Å². The molecule has 7 N–H and O–H groups in total. The van der Waals surface area contributed by atoms with Crippen LogP contribution in [0.5, 0.6) is 28.7 Å². The van der Waals surface area contributed by atoms with Gasteiger partial charge in [0.2, 0.25) is 0 Å². The van der Waals surface area contributed by atoms with Crippen LogP contribution in [0.15, 0.2) is 59.6 Å². The Morgan fingerprint density at radius 3 is 2.74 bits per heavy atom. The number of allylic oxidation sites excluding steroid dienone is 1. The molecule has 0 saturated heterocycles. The topological polar surface area (TPSA) is 166 Å². The van der Waals surface area contributed by atoms with E-state index in [2.05, 4.69) is 69.2 Å². The van der Waals surface area contributed by atoms with E-state index in [9.17, 15) is 20.4 Å². The highest BCUT2D eigenvalue weighted by Gasteiger charge is 2.55. The van der Waals surface area contributed by atoms with Gasteiger partial charge in [0, 0.05) is 54.2 Å². The molecule has 0 fully saturated rings. The molecule has 4 aliphatic heterocycles. The van der Waals surface area contributed by atoms with E-state index >= 15 is 0 Å². The molecule has 4 heterocycles. The maximum absolute atomic E-state index is 11.4. The fourth-order valence-corrected chi connectivity index (χ4v) is 10.4. The standard InChI is InChI=1S/C49H52N4O8/c1-27(55)23-51-25-53-43-5-3-4-18-58-42-20-30(7-14-41(42)57)48-49(43,59-26-50-2)22-38-37-21-36-32(28-6-13-39-29(19-28)16-17-52-39)10-11-33-40(56)15-12-34(44(33)36)45(37)47-35(46(38)61-48)9-8-31(24-54)60-47/h6-7,10-16,19-20,27,31-32,36,43,48,50-51,53-57H,4,8-9,17-18,21-26H2,1-2H3/t27-,31-,32+,36+,43-,48+,49-/m0/s1. The molecular weight excluding hydrogens is 773 g/mol. The van der Waals surface area contributed by atoms with Gasteiger partial charge >= 0.3 is 0 Å². The Kier molecular flexibility index (Phi) is 10.5. The van der Waals surface area contributed by atoms with Crippen LogP contribution in [0.4, 0.5) is 0 Å². The quantitative estimate of drug-likeness (QED) is 0.0711. The molecule has 2 aliphatic carbocycles. The summed E-state index contributed by atoms with van der Waals surface area (Å²) in [7, 11) is 1.85. The molecule has 12 heteroatoms. The Morgan fingerprint density at radius 1 is 1.02 bits per heavy atom. The summed E-state index contributed by atoms with van der Waals surface area (Å²) in [5.74, 6) is 8.88. The Labute approximate surface area is 354 Å². The molecule has 0 saturated carbocycles. The number of phenols is 2. The number of nitrogens with zero attached hydrogens (tertiary/aromatic N) is 1. The number of aromatic hydroxyl groups is 2. The number of rotatable bonds is 10. The van der Waals surface area contributed by atoms with Gasteiger partial charge in [0.25, 0.3) is 0 Å². The largest absolute Gasteiger partial charge is 0.507 e. The van der Waals surface area contributed by atoms with E-state index in [-0.39, 0.29) is 43.3 Å². The predicted octanol–water partition coefficient (Wildman–Crippen LogP) is 3.60. The SMILES string of the molecule is CNCO[C@]12Cc3c4c(c5c(c3O[C@@H]1c1ccc(O)c(c1)OCCC#C[C@@H]2NCNC[C@H](C)O)CC[C@@H](CO)O5)-c1ccc(O)c2c1[C@H](C4)[C@@H](c1ccc3c(c1)=CCN=3)C=C2. The zero-order valence-electron chi connectivity index (χ0n) is 34.5. The molecule has 4 aromatic rings. The Morgan fingerprint density at radius 2 is 1.89 bits per heavy atom. The van der Waals surface area contributed by atoms with Crippen LogP contribution in [-0.2, 0) is 24.0 Å². The van der Waals surface area contributed by atoms with Crippen LogP contribution in [0.25, 0.3) is 23.3 Å². The van der Waals surface area contributed by atoms with Crippen LogP contribution in [0.2, 0.25) is 0 Å². The molecule has 10 rings (SSSR count). The van der Waals surface area contributed by atoms with Crippen LogP contribution >= 0.6 is 0 Å². The zero-order valence-corrected chi connectivity index (χ0v) is 34.5. The Hall–Kier alpha value is -5.39. The van der Waals surface area contributed by atoms with Gasteiger partial charge in [0.05, 0.1) is 38.0 Å². The fourth-order valence-electron chi connectivity index (χ4n) is 10.4. The summed E-state index contributed by atoms with van der Waals surface area (Å²) in [6, 6.07) is 15.1. The van der Waals surface area contributed by atoms with Gasteiger partial charge in [-0.25, -0.2) is 0 Å². The molecule has 0 unspecified atom stereocenters. The van der Waals surface area contributed by atoms with Crippen molar-refractivity contribution in [1.29, 1.82) is 0 Å². The maximum atomic E-state index is 11.4. The van der Waals surface area contributed by atoms with E-state index in [0.29, 0.717) is 63.4 Å². The number of benzene rings is 4. The minimum absolute atomic E-state index is 0.00172. The predicted molar refractivity (Wildman–Crippen MR) is 230 cm³/mol. The number of hydrogen-bond donors (Lipinski definition) is 7. The summed E-state index contributed by atoms with van der Waals surface area (Å²) in [5, 5.41) is 55.3. The molecule has 0 spiro atoms. The molecule has 0 radical (unpaired) electrons. The van der Waals surface area contributed by atoms with E-state index in [0.717, 1.165) is 60.8 Å². The minimum atomic E-state index is -1.15. The van der Waals surface area contributed by atoms with Crippen molar-refractivity contribution in [2.24, 2.45) is 4.99 Å². The van der Waals surface area contributed by atoms with E-state index < -0.39 is 30.0 Å². The third-order valence-electron chi connectivity index (χ3n) is 13.2. The molecule has 12 nitrogen and oxygen atoms in total. The lowest BCUT2D eigenvalue weighted by Crippen LogP contribution is -2.62. The highest BCUT2D eigenvalue weighted by atomic mass is 16.6. The van der Waals surface area contributed by atoms with Gasteiger partial charge in [0.15, 0.2) is 17.6 Å². The lowest BCUT2D eigenvalue weighted by atomic mass is 9.64. The minimum Gasteiger partial charge on any atom is -0.507 e. The first kappa shape index (κ1) is 39.7. The number of fused-ring (bicyclic) bond motifs is 12. The Balaban J connectivity index is 1.21. The van der Waals surface area contributed by atoms with Crippen molar-refractivity contribution in [3.8, 4) is 51.7 Å². The number of hydrogen-bond acceptors (Lipinski definition) is 12. The van der Waals surface area contributed by atoms with Crippen molar-refractivity contribution in [1.82, 2.24) is 16.0 Å². The van der Waals surface area contributed by atoms with E-state index in [1.54, 1.807) is 19.1 Å². The second-order valence-corrected chi connectivity index (χ2v) is 17.0. The third kappa shape index (κ3) is 6.84. The van der Waals surface area contributed by atoms with Gasteiger partial charge in [-0.1, -0.05) is 48.3 Å². The molecular formula is C49H52N4O8. The highest BCUT2D eigenvalue weighted by molar-refractivity contribution is 5.89. The second-order valence-electron chi connectivity index (χ2n) is 17.0. The van der Waals surface area contributed by atoms with E-state index in [1.807, 2.05) is 25.2 Å². The molecule has 316 valence electrons. The first-order chi connectivity index (χ1) is 29.8. The molecule has 4 aromatic carbocycles. The molecule has 2 bridgehead atoms. The van der Waals surface area contributed by atoms with Crippen molar-refractivity contribution in [3.05, 3.63) is 104 Å². The lowest BCUT2D eigenvalue weighted by Gasteiger charge is -2.50. The number of aliphatic hydroxyl groups excluding tert-OH is 2. The number of nitrogens with one attached hydrogen (secondary N) is 3. The van der Waals surface area contributed by atoms with Gasteiger partial charge in [-0.15, -0.1) is 0 Å². The van der Waals surface area contributed by atoms with Crippen LogP contribution in [-0.4, -0.2) is 91.0 Å². The fraction of sp³-hybridized carbons (Fsp3) is 0.408. The average molecular weight is 825 g/mol. The summed E-state index contributed by atoms with van der Waals surface area (Å²) in [6.45, 7) is 3.49. The van der Waals surface area contributed by atoms with Gasteiger partial charge in [-0.05, 0) is 103 Å². The normalized spacial score (nSPS) is 25.3. The van der Waals surface area contributed by atoms with Crippen molar-refractivity contribution < 1.29 is 39.4 Å². The molecule has 0 amide bonds. The monoisotopic (exact) mass is 824 g/mol. The highest BCUT2D eigenvalue weighted by Crippen LogP contribution is 2.61. The van der Waals surface area contributed by atoms with Gasteiger partial charge < -0.3 is 44.7 Å². The van der Waals surface area contributed by atoms with Gasteiger partial charge in [0.1, 0.15) is 35.0 Å². The van der Waals surface area contributed by atoms with Crippen LogP contribution in [0.3, 0.4) is 0 Å². The lowest BCUT2D eigenvalue weighted by molar-refractivity contribution is -0.141. The molecule has 7 atom stereocenters. The van der Waals surface area contributed by atoms with Crippen LogP contribution in [0, 0.1) is 11.8 Å². The summed E-state index contributed by atoms with van der Waals surface area (Å²) in [6.07, 6.45) is 7.44. The average Bonchev–Trinajstić information content (AvgIpc) is 3.75.